The van der Waals surface area contributed by atoms with Crippen molar-refractivity contribution >= 4 is 23.8 Å². The number of benzene rings is 1. The van der Waals surface area contributed by atoms with Crippen LogP contribution in [0.3, 0.4) is 0 Å². The Morgan fingerprint density at radius 1 is 0.978 bits per heavy atom. The molecule has 0 radical (unpaired) electrons. The van der Waals surface area contributed by atoms with E-state index >= 15 is 0 Å². The van der Waals surface area contributed by atoms with Crippen molar-refractivity contribution in [2.24, 2.45) is 29.6 Å². The first-order valence-corrected chi connectivity index (χ1v) is 16.6. The van der Waals surface area contributed by atoms with Gasteiger partial charge in [-0.25, -0.2) is 14.6 Å². The lowest BCUT2D eigenvalue weighted by molar-refractivity contribution is -0.576. The van der Waals surface area contributed by atoms with Crippen LogP contribution in [-0.4, -0.2) is 64.9 Å². The maximum Gasteiger partial charge on any atom is 0.326 e. The molecule has 0 unspecified atom stereocenters. The largest absolute Gasteiger partial charge is 0.480 e. The summed E-state index contributed by atoms with van der Waals surface area (Å²) in [6.45, 7) is 9.83. The van der Waals surface area contributed by atoms with Crippen LogP contribution in [0.1, 0.15) is 85.1 Å². The standard InChI is InChI=1S/C34H48N2O10/c1-19(2)17-25(29(39)36-26(30(40)41)18-22-9-7-6-8-10-22)35-27(37)13-14-28(38)42-31-21(4)24-12-11-20(3)23-15-16-33(5)44-32(43-31)34(23,24)46-45-33/h6-10,19-21,23-26,31-32H,11-18H2,1-5H3,(H,35,37)(H,36,39)(H,40,41)/t20-,21+,23+,24-,25+,26-,31-,32+,33-,34-/m1/s1. The van der Waals surface area contributed by atoms with Gasteiger partial charge < -0.3 is 30.0 Å². The normalized spacial score (nSPS) is 34.5. The molecule has 6 rings (SSSR count). The van der Waals surface area contributed by atoms with E-state index < -0.39 is 59.8 Å². The van der Waals surface area contributed by atoms with Gasteiger partial charge in [0.15, 0.2) is 11.9 Å². The maximum atomic E-state index is 13.2. The number of esters is 1. The fraction of sp³-hybridized carbons (Fsp3) is 0.706. The van der Waals surface area contributed by atoms with Crippen molar-refractivity contribution in [2.45, 2.75) is 122 Å². The van der Waals surface area contributed by atoms with Crippen molar-refractivity contribution in [3.63, 3.8) is 0 Å². The van der Waals surface area contributed by atoms with Crippen molar-refractivity contribution in [3.8, 4) is 0 Å². The smallest absolute Gasteiger partial charge is 0.326 e. The number of fused-ring (bicyclic) bond motifs is 2. The molecule has 4 saturated heterocycles. The highest BCUT2D eigenvalue weighted by Gasteiger charge is 2.69. The van der Waals surface area contributed by atoms with E-state index in [1.807, 2.05) is 33.8 Å². The molecule has 3 N–H and O–H groups in total. The lowest BCUT2D eigenvalue weighted by Crippen LogP contribution is -2.70. The quantitative estimate of drug-likeness (QED) is 0.225. The van der Waals surface area contributed by atoms with E-state index in [0.717, 1.165) is 24.8 Å². The van der Waals surface area contributed by atoms with Crippen LogP contribution in [0, 0.1) is 29.6 Å². The first-order valence-electron chi connectivity index (χ1n) is 16.6. The highest BCUT2D eigenvalue weighted by atomic mass is 17.3. The molecule has 1 aromatic rings. The number of aliphatic carboxylic acids is 1. The average Bonchev–Trinajstić information content (AvgIpc) is 3.24. The van der Waals surface area contributed by atoms with E-state index in [4.69, 9.17) is 24.0 Å². The topological polar surface area (TPSA) is 159 Å². The van der Waals surface area contributed by atoms with Crippen LogP contribution in [0.15, 0.2) is 30.3 Å². The zero-order chi connectivity index (χ0) is 33.2. The van der Waals surface area contributed by atoms with E-state index in [0.29, 0.717) is 18.8 Å². The number of carbonyl (C=O) groups is 4. The second-order valence-corrected chi connectivity index (χ2v) is 14.1. The van der Waals surface area contributed by atoms with Gasteiger partial charge in [-0.3, -0.25) is 14.4 Å². The van der Waals surface area contributed by atoms with E-state index in [-0.39, 0.29) is 42.9 Å². The molecule has 1 spiro atoms. The number of ether oxygens (including phenoxy) is 3. The first kappa shape index (κ1) is 34.3. The van der Waals surface area contributed by atoms with Crippen molar-refractivity contribution in [1.29, 1.82) is 0 Å². The number of amides is 2. The Bertz CT molecular complexity index is 1280. The van der Waals surface area contributed by atoms with E-state index in [1.54, 1.807) is 24.3 Å². The minimum absolute atomic E-state index is 0.0111. The molecule has 1 aromatic carbocycles. The molecular formula is C34H48N2O10. The van der Waals surface area contributed by atoms with Gasteiger partial charge in [0.25, 0.3) is 0 Å². The molecule has 2 amide bonds. The Labute approximate surface area is 270 Å². The lowest BCUT2D eigenvalue weighted by atomic mass is 9.58. The van der Waals surface area contributed by atoms with Crippen LogP contribution in [-0.2, 0) is 49.6 Å². The zero-order valence-corrected chi connectivity index (χ0v) is 27.4. The molecule has 10 atom stereocenters. The van der Waals surface area contributed by atoms with E-state index in [2.05, 4.69) is 17.6 Å². The van der Waals surface area contributed by atoms with Crippen molar-refractivity contribution in [3.05, 3.63) is 35.9 Å². The molecule has 5 fully saturated rings. The molecule has 1 aliphatic carbocycles. The predicted octanol–water partition coefficient (Wildman–Crippen LogP) is 3.86. The van der Waals surface area contributed by atoms with Gasteiger partial charge >= 0.3 is 11.9 Å². The first-order chi connectivity index (χ1) is 21.8. The summed E-state index contributed by atoms with van der Waals surface area (Å²) in [5.74, 6) is -3.43. The third-order valence-corrected chi connectivity index (χ3v) is 10.2. The number of nitrogens with one attached hydrogen (secondary N) is 2. The van der Waals surface area contributed by atoms with E-state index in [1.165, 1.54) is 0 Å². The summed E-state index contributed by atoms with van der Waals surface area (Å²) in [4.78, 5) is 63.0. The van der Waals surface area contributed by atoms with Crippen molar-refractivity contribution in [2.75, 3.05) is 0 Å². The second kappa shape index (κ2) is 14.0. The highest BCUT2D eigenvalue weighted by molar-refractivity contribution is 5.91. The minimum Gasteiger partial charge on any atom is -0.480 e. The van der Waals surface area contributed by atoms with Gasteiger partial charge in [0.2, 0.25) is 23.9 Å². The second-order valence-electron chi connectivity index (χ2n) is 14.1. The molecule has 12 heteroatoms. The van der Waals surface area contributed by atoms with Crippen LogP contribution < -0.4 is 10.6 Å². The summed E-state index contributed by atoms with van der Waals surface area (Å²) in [5, 5.41) is 15.0. The summed E-state index contributed by atoms with van der Waals surface area (Å²) >= 11 is 0. The molecule has 5 aliphatic rings. The summed E-state index contributed by atoms with van der Waals surface area (Å²) in [7, 11) is 0. The molecule has 4 heterocycles. The fourth-order valence-electron chi connectivity index (χ4n) is 7.70. The number of hydrogen-bond acceptors (Lipinski definition) is 9. The van der Waals surface area contributed by atoms with E-state index in [9.17, 15) is 24.3 Å². The Hall–Kier alpha value is -3.06. The number of carboxylic acids is 1. The van der Waals surface area contributed by atoms with Gasteiger partial charge in [0, 0.05) is 31.1 Å². The molecule has 0 aromatic heterocycles. The van der Waals surface area contributed by atoms with Crippen molar-refractivity contribution in [1.82, 2.24) is 10.6 Å². The Morgan fingerprint density at radius 3 is 2.41 bits per heavy atom. The number of carboxylic acid groups (broad SMARTS) is 1. The SMILES string of the molecule is CC(C)C[C@H](NC(=O)CCC(=O)O[C@@H]1O[C@H]2O[C@@]3(C)CC[C@H]4[C@H](C)CC[C@H]([C@@H]1C)[C@@]24OO3)C(=O)N[C@H](Cc1ccccc1)C(=O)O. The van der Waals surface area contributed by atoms with Gasteiger partial charge in [-0.15, -0.1) is 0 Å². The monoisotopic (exact) mass is 644 g/mol. The van der Waals surface area contributed by atoms with Gasteiger partial charge in [-0.05, 0) is 55.9 Å². The predicted molar refractivity (Wildman–Crippen MR) is 163 cm³/mol. The summed E-state index contributed by atoms with van der Waals surface area (Å²) in [6, 6.07) is 6.86. The molecular weight excluding hydrogens is 596 g/mol. The summed E-state index contributed by atoms with van der Waals surface area (Å²) in [6.07, 6.45) is 1.75. The third kappa shape index (κ3) is 7.25. The van der Waals surface area contributed by atoms with Crippen molar-refractivity contribution < 1.29 is 48.3 Å². The van der Waals surface area contributed by atoms with Crippen LogP contribution in [0.25, 0.3) is 0 Å². The molecule has 1 saturated carbocycles. The number of carbonyl (C=O) groups excluding carboxylic acids is 3. The Balaban J connectivity index is 1.16. The molecule has 4 aliphatic heterocycles. The van der Waals surface area contributed by atoms with Crippen LogP contribution >= 0.6 is 0 Å². The van der Waals surface area contributed by atoms with Gasteiger partial charge in [0.1, 0.15) is 12.1 Å². The average molecular weight is 645 g/mol. The zero-order valence-electron chi connectivity index (χ0n) is 27.4. The molecule has 46 heavy (non-hydrogen) atoms. The number of rotatable bonds is 12. The number of hydrogen-bond donors (Lipinski definition) is 3. The lowest BCUT2D eigenvalue weighted by Gasteiger charge is -2.59. The third-order valence-electron chi connectivity index (χ3n) is 10.2. The summed E-state index contributed by atoms with van der Waals surface area (Å²) in [5.41, 5.74) is -0.0153. The van der Waals surface area contributed by atoms with Gasteiger partial charge in [-0.2, -0.15) is 0 Å². The molecule has 2 bridgehead atoms. The fourth-order valence-corrected chi connectivity index (χ4v) is 7.70. The van der Waals surface area contributed by atoms with Gasteiger partial charge in [-0.1, -0.05) is 58.0 Å². The molecule has 254 valence electrons. The van der Waals surface area contributed by atoms with Crippen LogP contribution in [0.2, 0.25) is 0 Å². The van der Waals surface area contributed by atoms with Crippen LogP contribution in [0.4, 0.5) is 0 Å². The van der Waals surface area contributed by atoms with Gasteiger partial charge in [0.05, 0.1) is 6.42 Å². The highest BCUT2D eigenvalue weighted by Crippen LogP contribution is 2.60. The maximum absolute atomic E-state index is 13.2. The Morgan fingerprint density at radius 2 is 1.72 bits per heavy atom. The van der Waals surface area contributed by atoms with Crippen LogP contribution in [0.5, 0.6) is 0 Å². The molecule has 12 nitrogen and oxygen atoms in total. The summed E-state index contributed by atoms with van der Waals surface area (Å²) < 4.78 is 18.4. The Kier molecular flexibility index (Phi) is 10.4. The minimum atomic E-state index is -1.17.